The van der Waals surface area contributed by atoms with Crippen LogP contribution >= 0.6 is 0 Å². The van der Waals surface area contributed by atoms with Crippen LogP contribution in [0.1, 0.15) is 24.7 Å². The van der Waals surface area contributed by atoms with Gasteiger partial charge in [-0.25, -0.2) is 23.1 Å². The molecule has 2 aromatic carbocycles. The average molecular weight is 468 g/mol. The third-order valence-corrected chi connectivity index (χ3v) is 6.38. The minimum absolute atomic E-state index is 0.0163. The fourth-order valence-corrected chi connectivity index (χ4v) is 4.88. The van der Waals surface area contributed by atoms with E-state index in [2.05, 4.69) is 15.0 Å². The van der Waals surface area contributed by atoms with Crippen molar-refractivity contribution in [1.29, 1.82) is 0 Å². The van der Waals surface area contributed by atoms with Crippen molar-refractivity contribution in [2.45, 2.75) is 38.9 Å². The number of halogens is 3. The van der Waals surface area contributed by atoms with E-state index in [1.807, 2.05) is 0 Å². The molecule has 176 valence electrons. The molecule has 1 aliphatic rings. The van der Waals surface area contributed by atoms with Crippen LogP contribution in [0.4, 0.5) is 19.0 Å². The monoisotopic (exact) mass is 468 g/mol. The van der Waals surface area contributed by atoms with Gasteiger partial charge in [0.2, 0.25) is 0 Å². The molecule has 2 aromatic heterocycles. The van der Waals surface area contributed by atoms with Gasteiger partial charge >= 0.3 is 0 Å². The molecule has 1 aliphatic heterocycles. The van der Waals surface area contributed by atoms with Gasteiger partial charge in [0.05, 0.1) is 24.6 Å². The maximum absolute atomic E-state index is 16.0. The summed E-state index contributed by atoms with van der Waals surface area (Å²) in [4.78, 5) is 14.6. The van der Waals surface area contributed by atoms with Crippen molar-refractivity contribution in [3.63, 3.8) is 0 Å². The minimum Gasteiger partial charge on any atom is -0.508 e. The quantitative estimate of drug-likeness (QED) is 0.455. The summed E-state index contributed by atoms with van der Waals surface area (Å²) in [5.74, 6) is -0.694. The summed E-state index contributed by atoms with van der Waals surface area (Å²) in [6, 6.07) is 5.23. The maximum atomic E-state index is 16.0. The zero-order valence-electron chi connectivity index (χ0n) is 18.7. The molecular weight excluding hydrogens is 445 g/mol. The van der Waals surface area contributed by atoms with Gasteiger partial charge in [0.1, 0.15) is 40.6 Å². The molecule has 34 heavy (non-hydrogen) atoms. The molecular formula is C25H23F3N4O2. The van der Waals surface area contributed by atoms with E-state index in [-0.39, 0.29) is 53.3 Å². The van der Waals surface area contributed by atoms with Crippen LogP contribution in [0.2, 0.25) is 0 Å². The second kappa shape index (κ2) is 8.39. The molecule has 0 unspecified atom stereocenters. The number of hydrogen-bond acceptors (Lipinski definition) is 6. The maximum Gasteiger partial charge on any atom is 0.175 e. The second-order valence-corrected chi connectivity index (χ2v) is 8.57. The minimum atomic E-state index is -1.14. The van der Waals surface area contributed by atoms with Crippen LogP contribution in [0, 0.1) is 18.6 Å². The van der Waals surface area contributed by atoms with Crippen molar-refractivity contribution in [3.8, 4) is 17.0 Å². The lowest BCUT2D eigenvalue weighted by atomic mass is 9.94. The number of aliphatic hydroxyl groups is 1. The number of fused-ring (bicyclic) bond motifs is 2. The number of phenolic OH excluding ortho intramolecular Hbond substituents is 1. The van der Waals surface area contributed by atoms with Crippen LogP contribution in [-0.2, 0) is 6.42 Å². The number of rotatable bonds is 4. The third kappa shape index (κ3) is 3.51. The fourth-order valence-electron chi connectivity index (χ4n) is 4.88. The molecule has 0 bridgehead atoms. The zero-order valence-corrected chi connectivity index (χ0v) is 18.7. The van der Waals surface area contributed by atoms with E-state index in [1.165, 1.54) is 30.5 Å². The van der Waals surface area contributed by atoms with Crippen LogP contribution in [-0.4, -0.2) is 50.5 Å². The summed E-state index contributed by atoms with van der Waals surface area (Å²) in [5.41, 5.74) is 0.547. The van der Waals surface area contributed by atoms with Crippen molar-refractivity contribution in [1.82, 2.24) is 15.0 Å². The molecule has 1 saturated heterocycles. The molecule has 2 N–H and O–H groups in total. The number of aryl methyl sites for hydroxylation is 2. The van der Waals surface area contributed by atoms with E-state index in [0.717, 1.165) is 0 Å². The first-order valence-corrected chi connectivity index (χ1v) is 11.1. The predicted molar refractivity (Wildman–Crippen MR) is 124 cm³/mol. The summed E-state index contributed by atoms with van der Waals surface area (Å²) in [6.45, 7) is 3.16. The van der Waals surface area contributed by atoms with Crippen LogP contribution in [0.3, 0.4) is 0 Å². The Morgan fingerprint density at radius 2 is 1.97 bits per heavy atom. The highest BCUT2D eigenvalue weighted by Gasteiger charge is 2.34. The number of anilines is 1. The van der Waals surface area contributed by atoms with Crippen LogP contribution in [0.15, 0.2) is 30.5 Å². The number of hydrogen-bond donors (Lipinski definition) is 2. The standard InChI is InChI=1S/C25H23F3N4O2/c1-3-17-20(27)5-4-13-6-16(34)8-18(21(13)17)23-22(28)24-19(9-29-23)25(31-12(2)30-24)32-10-14(26)7-15(32)11-33/h4-6,8-9,14-15,33-34H,3,7,10-11H2,1-2H3/t14-,15+/m1/s1. The molecule has 0 amide bonds. The van der Waals surface area contributed by atoms with Crippen molar-refractivity contribution >= 4 is 27.5 Å². The third-order valence-electron chi connectivity index (χ3n) is 6.38. The van der Waals surface area contributed by atoms with E-state index in [1.54, 1.807) is 18.7 Å². The van der Waals surface area contributed by atoms with Gasteiger partial charge in [-0.05, 0) is 47.9 Å². The second-order valence-electron chi connectivity index (χ2n) is 8.57. The molecule has 9 heteroatoms. The fraction of sp³-hybridized carbons (Fsp3) is 0.320. The smallest absolute Gasteiger partial charge is 0.175 e. The molecule has 3 heterocycles. The number of aromatic hydroxyl groups is 1. The number of benzene rings is 2. The van der Waals surface area contributed by atoms with Gasteiger partial charge in [-0.15, -0.1) is 0 Å². The largest absolute Gasteiger partial charge is 0.508 e. The lowest BCUT2D eigenvalue weighted by molar-refractivity contribution is 0.255. The van der Waals surface area contributed by atoms with Gasteiger partial charge < -0.3 is 15.1 Å². The Bertz CT molecular complexity index is 1430. The Morgan fingerprint density at radius 3 is 2.71 bits per heavy atom. The zero-order chi connectivity index (χ0) is 24.1. The molecule has 2 atom stereocenters. The van der Waals surface area contributed by atoms with Crippen molar-refractivity contribution in [2.24, 2.45) is 0 Å². The van der Waals surface area contributed by atoms with Gasteiger partial charge in [-0.3, -0.25) is 4.98 Å². The van der Waals surface area contributed by atoms with E-state index in [4.69, 9.17) is 0 Å². The van der Waals surface area contributed by atoms with Gasteiger partial charge in [-0.1, -0.05) is 13.0 Å². The normalized spacial score (nSPS) is 18.4. The van der Waals surface area contributed by atoms with Crippen LogP contribution < -0.4 is 4.90 Å². The average Bonchev–Trinajstić information content (AvgIpc) is 3.19. The highest BCUT2D eigenvalue weighted by Crippen LogP contribution is 2.39. The van der Waals surface area contributed by atoms with Crippen LogP contribution in [0.5, 0.6) is 5.75 Å². The number of pyridine rings is 1. The molecule has 6 nitrogen and oxygen atoms in total. The number of aromatic nitrogens is 3. The SMILES string of the molecule is CCc1c(F)ccc2cc(O)cc(-c3ncc4c(N5C[C@H](F)C[C@H]5CO)nc(C)nc4c3F)c12. The summed E-state index contributed by atoms with van der Waals surface area (Å²) in [6.07, 6.45) is 0.781. The summed E-state index contributed by atoms with van der Waals surface area (Å²) in [7, 11) is 0. The highest BCUT2D eigenvalue weighted by atomic mass is 19.1. The Kier molecular flexibility index (Phi) is 5.51. The number of aliphatic hydroxyl groups excluding tert-OH is 1. The van der Waals surface area contributed by atoms with Crippen molar-refractivity contribution < 1.29 is 23.4 Å². The molecule has 0 saturated carbocycles. The topological polar surface area (TPSA) is 82.4 Å². The number of nitrogens with zero attached hydrogens (tertiary/aromatic N) is 4. The molecule has 1 fully saturated rings. The summed E-state index contributed by atoms with van der Waals surface area (Å²) in [5, 5.41) is 21.3. The van der Waals surface area contributed by atoms with Gasteiger partial charge in [-0.2, -0.15) is 0 Å². The van der Waals surface area contributed by atoms with Crippen molar-refractivity contribution in [3.05, 3.63) is 53.5 Å². The number of phenols is 1. The first-order chi connectivity index (χ1) is 16.3. The highest BCUT2D eigenvalue weighted by molar-refractivity contribution is 6.01. The van der Waals surface area contributed by atoms with Crippen molar-refractivity contribution in [2.75, 3.05) is 18.1 Å². The van der Waals surface area contributed by atoms with Gasteiger partial charge in [0, 0.05) is 18.2 Å². The molecule has 5 rings (SSSR count). The lowest BCUT2D eigenvalue weighted by Crippen LogP contribution is -2.33. The Morgan fingerprint density at radius 1 is 1.18 bits per heavy atom. The Hall–Kier alpha value is -3.46. The first-order valence-electron chi connectivity index (χ1n) is 11.1. The summed E-state index contributed by atoms with van der Waals surface area (Å²) >= 11 is 0. The van der Waals surface area contributed by atoms with E-state index in [0.29, 0.717) is 28.6 Å². The molecule has 0 spiro atoms. The van der Waals surface area contributed by atoms with E-state index >= 15 is 4.39 Å². The van der Waals surface area contributed by atoms with E-state index in [9.17, 15) is 19.0 Å². The van der Waals surface area contributed by atoms with E-state index < -0.39 is 23.8 Å². The summed E-state index contributed by atoms with van der Waals surface area (Å²) < 4.78 is 44.7. The molecule has 4 aromatic rings. The lowest BCUT2D eigenvalue weighted by Gasteiger charge is -2.25. The molecule has 0 radical (unpaired) electrons. The Labute approximate surface area is 193 Å². The van der Waals surface area contributed by atoms with Gasteiger partial charge in [0.15, 0.2) is 5.82 Å². The van der Waals surface area contributed by atoms with Gasteiger partial charge in [0.25, 0.3) is 0 Å². The predicted octanol–water partition coefficient (Wildman–Crippen LogP) is 4.61. The Balaban J connectivity index is 1.78. The number of alkyl halides is 1. The van der Waals surface area contributed by atoms with Crippen LogP contribution in [0.25, 0.3) is 32.9 Å². The molecule has 0 aliphatic carbocycles. The first kappa shape index (κ1) is 22.3.